The number of allylic oxidation sites excluding steroid dienone is 6. The molecule has 0 spiro atoms. The van der Waals surface area contributed by atoms with Gasteiger partial charge in [0.25, 0.3) is 0 Å². The highest BCUT2D eigenvalue weighted by atomic mass is 16.3. The molecule has 1 unspecified atom stereocenters. The molecule has 5 aromatic carbocycles. The molecule has 6 aromatic rings. The molecule has 2 aliphatic rings. The van der Waals surface area contributed by atoms with Crippen molar-refractivity contribution in [3.05, 3.63) is 144 Å². The summed E-state index contributed by atoms with van der Waals surface area (Å²) in [6.07, 6.45) is 15.3. The second-order valence-electron chi connectivity index (χ2n) is 10.1. The Morgan fingerprint density at radius 1 is 0.553 bits per heavy atom. The number of hydrogen-bond donors (Lipinski definition) is 0. The van der Waals surface area contributed by atoms with Crippen LogP contribution in [0.15, 0.2) is 137 Å². The molecule has 0 fully saturated rings. The highest BCUT2D eigenvalue weighted by Crippen LogP contribution is 2.40. The Labute approximate surface area is 221 Å². The third kappa shape index (κ3) is 3.33. The quantitative estimate of drug-likeness (QED) is 0.223. The van der Waals surface area contributed by atoms with E-state index < -0.39 is 0 Å². The first-order chi connectivity index (χ1) is 18.8. The fourth-order valence-corrected chi connectivity index (χ4v) is 6.02. The fourth-order valence-electron chi connectivity index (χ4n) is 6.02. The van der Waals surface area contributed by atoms with Gasteiger partial charge in [-0.25, -0.2) is 0 Å². The van der Waals surface area contributed by atoms with Crippen LogP contribution < -0.4 is 0 Å². The van der Waals surface area contributed by atoms with Crippen LogP contribution in [0.3, 0.4) is 0 Å². The van der Waals surface area contributed by atoms with Crippen molar-refractivity contribution in [2.75, 3.05) is 0 Å². The molecular weight excluding hydrogens is 460 g/mol. The van der Waals surface area contributed by atoms with Crippen LogP contribution in [0.5, 0.6) is 0 Å². The standard InChI is InChI=1S/C37H24O/c1-2-9-26-23-36-33(18-16-24(26)8-1)34-22-27(17-19-35(34)38-36)25-12-7-13-30(20-25)37-31-14-5-3-10-28(31)21-29-11-4-6-15-32(29)37/h1-24H. The molecule has 0 aliphatic heterocycles. The van der Waals surface area contributed by atoms with Crippen molar-refractivity contribution in [2.24, 2.45) is 5.92 Å². The van der Waals surface area contributed by atoms with Crippen molar-refractivity contribution in [3.63, 3.8) is 0 Å². The third-order valence-corrected chi connectivity index (χ3v) is 7.88. The molecule has 1 nitrogen and oxygen atoms in total. The molecule has 38 heavy (non-hydrogen) atoms. The van der Waals surface area contributed by atoms with E-state index in [4.69, 9.17) is 4.42 Å². The fraction of sp³-hybridized carbons (Fsp3) is 0.0270. The summed E-state index contributed by atoms with van der Waals surface area (Å²) in [6.45, 7) is 0. The van der Waals surface area contributed by atoms with Crippen LogP contribution in [0.2, 0.25) is 0 Å². The molecule has 2 aliphatic carbocycles. The van der Waals surface area contributed by atoms with Gasteiger partial charge in [-0.3, -0.25) is 0 Å². The van der Waals surface area contributed by atoms with E-state index in [1.54, 1.807) is 0 Å². The lowest BCUT2D eigenvalue weighted by molar-refractivity contribution is 0.603. The number of furan rings is 1. The van der Waals surface area contributed by atoms with Crippen LogP contribution in [0, 0.1) is 5.92 Å². The second-order valence-corrected chi connectivity index (χ2v) is 10.1. The van der Waals surface area contributed by atoms with E-state index in [2.05, 4.69) is 140 Å². The predicted molar refractivity (Wildman–Crippen MR) is 161 cm³/mol. The zero-order valence-electron chi connectivity index (χ0n) is 20.8. The normalized spacial score (nSPS) is 16.0. The van der Waals surface area contributed by atoms with Crippen LogP contribution in [0.25, 0.3) is 66.9 Å². The zero-order valence-corrected chi connectivity index (χ0v) is 20.8. The van der Waals surface area contributed by atoms with Gasteiger partial charge >= 0.3 is 0 Å². The topological polar surface area (TPSA) is 13.1 Å². The van der Waals surface area contributed by atoms with Gasteiger partial charge in [0, 0.05) is 16.9 Å². The number of hydrogen-bond acceptors (Lipinski definition) is 1. The van der Waals surface area contributed by atoms with E-state index in [1.807, 2.05) is 0 Å². The van der Waals surface area contributed by atoms with Gasteiger partial charge in [0.15, 0.2) is 0 Å². The summed E-state index contributed by atoms with van der Waals surface area (Å²) in [5, 5.41) is 6.24. The van der Waals surface area contributed by atoms with Crippen LogP contribution >= 0.6 is 0 Å². The van der Waals surface area contributed by atoms with Gasteiger partial charge < -0.3 is 4.42 Å². The van der Waals surface area contributed by atoms with E-state index in [0.717, 1.165) is 22.3 Å². The number of fused-ring (bicyclic) bond motifs is 6. The lowest BCUT2D eigenvalue weighted by Crippen LogP contribution is -1.96. The minimum atomic E-state index is 0.299. The summed E-state index contributed by atoms with van der Waals surface area (Å²) < 4.78 is 6.31. The molecule has 1 heteroatoms. The van der Waals surface area contributed by atoms with E-state index >= 15 is 0 Å². The molecule has 8 rings (SSSR count). The number of benzene rings is 5. The van der Waals surface area contributed by atoms with E-state index in [0.29, 0.717) is 5.92 Å². The van der Waals surface area contributed by atoms with Crippen molar-refractivity contribution in [3.8, 4) is 22.3 Å². The Bertz CT molecular complexity index is 1970. The average Bonchev–Trinajstić information content (AvgIpc) is 3.20. The van der Waals surface area contributed by atoms with Crippen molar-refractivity contribution in [2.45, 2.75) is 0 Å². The maximum absolute atomic E-state index is 6.31. The van der Waals surface area contributed by atoms with Gasteiger partial charge in [0.1, 0.15) is 11.3 Å². The Morgan fingerprint density at radius 3 is 2.16 bits per heavy atom. The third-order valence-electron chi connectivity index (χ3n) is 7.88. The Morgan fingerprint density at radius 2 is 1.32 bits per heavy atom. The smallest absolute Gasteiger partial charge is 0.135 e. The van der Waals surface area contributed by atoms with Crippen LogP contribution in [0.1, 0.15) is 11.3 Å². The minimum Gasteiger partial charge on any atom is -0.456 e. The maximum Gasteiger partial charge on any atom is 0.135 e. The maximum atomic E-state index is 6.31. The van der Waals surface area contributed by atoms with Crippen LogP contribution in [-0.4, -0.2) is 0 Å². The van der Waals surface area contributed by atoms with Gasteiger partial charge in [-0.2, -0.15) is 0 Å². The summed E-state index contributed by atoms with van der Waals surface area (Å²) in [5.74, 6) is 1.23. The first kappa shape index (κ1) is 21.2. The van der Waals surface area contributed by atoms with E-state index in [9.17, 15) is 0 Å². The monoisotopic (exact) mass is 484 g/mol. The molecule has 0 amide bonds. The Hall–Kier alpha value is -4.88. The Balaban J connectivity index is 1.29. The average molecular weight is 485 g/mol. The van der Waals surface area contributed by atoms with Crippen molar-refractivity contribution in [1.82, 2.24) is 0 Å². The molecule has 178 valence electrons. The van der Waals surface area contributed by atoms with Crippen molar-refractivity contribution in [1.29, 1.82) is 0 Å². The summed E-state index contributed by atoms with van der Waals surface area (Å²) in [4.78, 5) is 0. The SMILES string of the molecule is C1=CC2=Cc3oc4ccc(-c5cccc(-c6c7ccccc7cc7ccccc67)c5)cc4c3C=CC2C=C1. The lowest BCUT2D eigenvalue weighted by Gasteiger charge is -2.13. The molecule has 1 atom stereocenters. The Kier molecular flexibility index (Phi) is 4.65. The van der Waals surface area contributed by atoms with Gasteiger partial charge in [0.2, 0.25) is 0 Å². The summed E-state index contributed by atoms with van der Waals surface area (Å²) in [6, 6.07) is 35.2. The zero-order chi connectivity index (χ0) is 25.1. The van der Waals surface area contributed by atoms with E-state index in [-0.39, 0.29) is 0 Å². The number of rotatable bonds is 2. The van der Waals surface area contributed by atoms with Crippen molar-refractivity contribution >= 4 is 44.7 Å². The predicted octanol–water partition coefficient (Wildman–Crippen LogP) is 10.2. The highest BCUT2D eigenvalue weighted by Gasteiger charge is 2.18. The van der Waals surface area contributed by atoms with Crippen LogP contribution in [-0.2, 0) is 0 Å². The minimum absolute atomic E-state index is 0.299. The van der Waals surface area contributed by atoms with Gasteiger partial charge in [-0.15, -0.1) is 0 Å². The van der Waals surface area contributed by atoms with Crippen molar-refractivity contribution < 1.29 is 4.42 Å². The molecule has 1 heterocycles. The first-order valence-electron chi connectivity index (χ1n) is 13.1. The molecule has 0 saturated heterocycles. The van der Waals surface area contributed by atoms with Gasteiger partial charge in [-0.05, 0) is 79.7 Å². The van der Waals surface area contributed by atoms with Gasteiger partial charge in [0.05, 0.1) is 0 Å². The van der Waals surface area contributed by atoms with Gasteiger partial charge in [-0.1, -0.05) is 109 Å². The molecule has 0 saturated carbocycles. The highest BCUT2D eigenvalue weighted by molar-refractivity contribution is 6.13. The molecule has 0 bridgehead atoms. The molecule has 0 N–H and O–H groups in total. The second kappa shape index (κ2) is 8.33. The first-order valence-corrected chi connectivity index (χ1v) is 13.1. The van der Waals surface area contributed by atoms with Crippen LogP contribution in [0.4, 0.5) is 0 Å². The summed E-state index contributed by atoms with van der Waals surface area (Å²) in [7, 11) is 0. The largest absolute Gasteiger partial charge is 0.456 e. The lowest BCUT2D eigenvalue weighted by atomic mass is 9.90. The molecule has 1 aromatic heterocycles. The van der Waals surface area contributed by atoms with E-state index in [1.165, 1.54) is 49.4 Å². The summed E-state index contributed by atoms with van der Waals surface area (Å²) >= 11 is 0. The summed E-state index contributed by atoms with van der Waals surface area (Å²) in [5.41, 5.74) is 8.25. The molecule has 0 radical (unpaired) electrons. The molecular formula is C37H24O.